The Bertz CT molecular complexity index is 282. The van der Waals surface area contributed by atoms with Crippen molar-refractivity contribution in [2.45, 2.75) is 26.3 Å². The van der Waals surface area contributed by atoms with Gasteiger partial charge < -0.3 is 4.42 Å². The number of hydrogen-bond acceptors (Lipinski definition) is 3. The zero-order chi connectivity index (χ0) is 9.90. The van der Waals surface area contributed by atoms with E-state index in [0.717, 1.165) is 10.8 Å². The molecule has 0 aromatic carbocycles. The van der Waals surface area contributed by atoms with Crippen LogP contribution in [0.4, 0.5) is 0 Å². The molecule has 1 aromatic heterocycles. The van der Waals surface area contributed by atoms with Crippen LogP contribution in [0.2, 0.25) is 0 Å². The summed E-state index contributed by atoms with van der Waals surface area (Å²) in [5, 5.41) is 0.956. The lowest BCUT2D eigenvalue weighted by atomic mass is 10.1. The van der Waals surface area contributed by atoms with Crippen LogP contribution in [-0.2, 0) is 0 Å². The highest BCUT2D eigenvalue weighted by Crippen LogP contribution is 2.17. The summed E-state index contributed by atoms with van der Waals surface area (Å²) in [5.74, 6) is 0.849. The van der Waals surface area contributed by atoms with Crippen molar-refractivity contribution in [1.29, 1.82) is 0 Å². The molecule has 0 saturated carbocycles. The van der Waals surface area contributed by atoms with E-state index in [4.69, 9.17) is 4.42 Å². The standard InChI is InChI=1S/C10H15NOS/c1-10(2,3)11-9(13-4)8-6-5-7-12-8/h5-7H,1-4H3. The van der Waals surface area contributed by atoms with Gasteiger partial charge in [-0.2, -0.15) is 0 Å². The van der Waals surface area contributed by atoms with Crippen LogP contribution in [0.15, 0.2) is 27.8 Å². The van der Waals surface area contributed by atoms with E-state index in [1.807, 2.05) is 18.4 Å². The van der Waals surface area contributed by atoms with Crippen LogP contribution in [0.1, 0.15) is 26.5 Å². The maximum absolute atomic E-state index is 5.28. The first-order valence-electron chi connectivity index (χ1n) is 4.20. The second-order valence-electron chi connectivity index (χ2n) is 3.77. The smallest absolute Gasteiger partial charge is 0.158 e. The molecule has 1 aromatic rings. The minimum absolute atomic E-state index is 0.0505. The van der Waals surface area contributed by atoms with Crippen molar-refractivity contribution in [3.05, 3.63) is 24.2 Å². The van der Waals surface area contributed by atoms with Gasteiger partial charge in [-0.15, -0.1) is 11.8 Å². The van der Waals surface area contributed by atoms with Gasteiger partial charge in [-0.05, 0) is 39.2 Å². The molecule has 2 nitrogen and oxygen atoms in total. The highest BCUT2D eigenvalue weighted by molar-refractivity contribution is 8.13. The molecule has 0 fully saturated rings. The lowest BCUT2D eigenvalue weighted by molar-refractivity contribution is 0.550. The third-order valence-electron chi connectivity index (χ3n) is 1.36. The lowest BCUT2D eigenvalue weighted by Crippen LogP contribution is -2.12. The van der Waals surface area contributed by atoms with Crippen LogP contribution in [0.5, 0.6) is 0 Å². The molecule has 0 aliphatic heterocycles. The Hall–Kier alpha value is -0.700. The van der Waals surface area contributed by atoms with Gasteiger partial charge in [0.25, 0.3) is 0 Å². The molecule has 13 heavy (non-hydrogen) atoms. The quantitative estimate of drug-likeness (QED) is 0.510. The summed E-state index contributed by atoms with van der Waals surface area (Å²) in [4.78, 5) is 4.56. The van der Waals surface area contributed by atoms with Crippen molar-refractivity contribution in [1.82, 2.24) is 0 Å². The molecule has 1 heterocycles. The number of hydrogen-bond donors (Lipinski definition) is 0. The van der Waals surface area contributed by atoms with E-state index in [1.165, 1.54) is 0 Å². The van der Waals surface area contributed by atoms with Crippen molar-refractivity contribution in [3.8, 4) is 0 Å². The third kappa shape index (κ3) is 3.27. The van der Waals surface area contributed by atoms with Crippen molar-refractivity contribution in [2.24, 2.45) is 4.99 Å². The van der Waals surface area contributed by atoms with Crippen molar-refractivity contribution < 1.29 is 4.42 Å². The molecule has 0 aliphatic rings. The zero-order valence-electron chi connectivity index (χ0n) is 8.50. The molecular weight excluding hydrogens is 182 g/mol. The largest absolute Gasteiger partial charge is 0.462 e. The van der Waals surface area contributed by atoms with Gasteiger partial charge in [0.15, 0.2) is 5.76 Å². The molecule has 0 bridgehead atoms. The monoisotopic (exact) mass is 197 g/mol. The minimum Gasteiger partial charge on any atom is -0.462 e. The molecule has 0 saturated heterocycles. The summed E-state index contributed by atoms with van der Waals surface area (Å²) in [5.41, 5.74) is -0.0505. The molecule has 0 radical (unpaired) electrons. The van der Waals surface area contributed by atoms with Gasteiger partial charge in [-0.3, -0.25) is 4.99 Å². The molecule has 1 rings (SSSR count). The maximum Gasteiger partial charge on any atom is 0.158 e. The molecule has 0 aliphatic carbocycles. The lowest BCUT2D eigenvalue weighted by Gasteiger charge is -2.13. The molecule has 0 unspecified atom stereocenters. The molecule has 0 spiro atoms. The van der Waals surface area contributed by atoms with E-state index in [9.17, 15) is 0 Å². The molecular formula is C10H15NOS. The zero-order valence-corrected chi connectivity index (χ0v) is 9.31. The van der Waals surface area contributed by atoms with Crippen molar-refractivity contribution in [3.63, 3.8) is 0 Å². The predicted octanol–water partition coefficient (Wildman–Crippen LogP) is 3.19. The number of aliphatic imine (C=N–C) groups is 1. The molecule has 72 valence electrons. The molecule has 0 N–H and O–H groups in total. The van der Waals surface area contributed by atoms with Crippen LogP contribution in [0.25, 0.3) is 0 Å². The van der Waals surface area contributed by atoms with Crippen LogP contribution < -0.4 is 0 Å². The normalized spacial score (nSPS) is 13.4. The van der Waals surface area contributed by atoms with E-state index >= 15 is 0 Å². The summed E-state index contributed by atoms with van der Waals surface area (Å²) in [6.07, 6.45) is 3.68. The Balaban J connectivity index is 2.93. The highest BCUT2D eigenvalue weighted by Gasteiger charge is 2.12. The molecule has 3 heteroatoms. The minimum atomic E-state index is -0.0505. The Morgan fingerprint density at radius 3 is 2.54 bits per heavy atom. The number of rotatable bonds is 1. The van der Waals surface area contributed by atoms with Gasteiger partial charge in [-0.1, -0.05) is 0 Å². The fourth-order valence-corrected chi connectivity index (χ4v) is 1.59. The van der Waals surface area contributed by atoms with Crippen LogP contribution in [0, 0.1) is 0 Å². The first-order chi connectivity index (χ1) is 6.03. The molecule has 0 amide bonds. The third-order valence-corrected chi connectivity index (χ3v) is 2.04. The first kappa shape index (κ1) is 10.4. The topological polar surface area (TPSA) is 25.5 Å². The number of furan rings is 1. The van der Waals surface area contributed by atoms with E-state index in [0.29, 0.717) is 0 Å². The first-order valence-corrected chi connectivity index (χ1v) is 5.43. The van der Waals surface area contributed by atoms with E-state index < -0.39 is 0 Å². The average Bonchev–Trinajstić information content (AvgIpc) is 2.50. The SMILES string of the molecule is CSC(=NC(C)(C)C)c1ccco1. The summed E-state index contributed by atoms with van der Waals surface area (Å²) >= 11 is 1.61. The van der Waals surface area contributed by atoms with Gasteiger partial charge >= 0.3 is 0 Å². The van der Waals surface area contributed by atoms with Crippen molar-refractivity contribution >= 4 is 16.8 Å². The van der Waals surface area contributed by atoms with E-state index in [1.54, 1.807) is 18.0 Å². The maximum atomic E-state index is 5.28. The second kappa shape index (κ2) is 4.01. The Labute approximate surface area is 83.4 Å². The van der Waals surface area contributed by atoms with Crippen LogP contribution in [-0.4, -0.2) is 16.8 Å². The fourth-order valence-electron chi connectivity index (χ4n) is 0.906. The molecule has 0 atom stereocenters. The van der Waals surface area contributed by atoms with E-state index in [2.05, 4.69) is 25.8 Å². The predicted molar refractivity (Wildman–Crippen MR) is 58.5 cm³/mol. The summed E-state index contributed by atoms with van der Waals surface area (Å²) in [7, 11) is 0. The summed E-state index contributed by atoms with van der Waals surface area (Å²) in [6.45, 7) is 6.23. The van der Waals surface area contributed by atoms with Crippen molar-refractivity contribution in [2.75, 3.05) is 6.26 Å². The van der Waals surface area contributed by atoms with Gasteiger partial charge in [-0.25, -0.2) is 0 Å². The average molecular weight is 197 g/mol. The highest BCUT2D eigenvalue weighted by atomic mass is 32.2. The van der Waals surface area contributed by atoms with E-state index in [-0.39, 0.29) is 5.54 Å². The number of nitrogens with zero attached hydrogens (tertiary/aromatic N) is 1. The van der Waals surface area contributed by atoms with Crippen LogP contribution >= 0.6 is 11.8 Å². The summed E-state index contributed by atoms with van der Waals surface area (Å²) < 4.78 is 5.28. The fraction of sp³-hybridized carbons (Fsp3) is 0.500. The Morgan fingerprint density at radius 1 is 1.46 bits per heavy atom. The number of thioether (sulfide) groups is 1. The van der Waals surface area contributed by atoms with Gasteiger partial charge in [0, 0.05) is 0 Å². The summed E-state index contributed by atoms with van der Waals surface area (Å²) in [6, 6.07) is 3.81. The van der Waals surface area contributed by atoms with Gasteiger partial charge in [0.05, 0.1) is 11.8 Å². The second-order valence-corrected chi connectivity index (χ2v) is 4.56. The van der Waals surface area contributed by atoms with Crippen LogP contribution in [0.3, 0.4) is 0 Å². The van der Waals surface area contributed by atoms with Gasteiger partial charge in [0.1, 0.15) is 5.04 Å². The Morgan fingerprint density at radius 2 is 2.15 bits per heavy atom. The Kier molecular flexibility index (Phi) is 3.20. The van der Waals surface area contributed by atoms with Gasteiger partial charge in [0.2, 0.25) is 0 Å².